The van der Waals surface area contributed by atoms with Crippen molar-refractivity contribution in [3.05, 3.63) is 152 Å². The monoisotopic (exact) mass is 616 g/mol. The predicted octanol–water partition coefficient (Wildman–Crippen LogP) is 9.59. The van der Waals surface area contributed by atoms with Crippen molar-refractivity contribution in [3.8, 4) is 22.5 Å². The number of benzene rings is 9. The summed E-state index contributed by atoms with van der Waals surface area (Å²) in [6.07, 6.45) is 0. The van der Waals surface area contributed by atoms with E-state index in [0.717, 1.165) is 0 Å². The molecule has 0 N–H and O–H groups in total. The molecule has 4 heterocycles. The second kappa shape index (κ2) is 8.39. The lowest BCUT2D eigenvalue weighted by atomic mass is 9.34. The van der Waals surface area contributed by atoms with Crippen LogP contribution in [0.4, 0.5) is 0 Å². The first-order chi connectivity index (χ1) is 24.3. The molecule has 3 heteroatoms. The molecule has 2 aromatic heterocycles. The fourth-order valence-electron chi connectivity index (χ4n) is 9.97. The van der Waals surface area contributed by atoms with Gasteiger partial charge in [0.05, 0.1) is 11.0 Å². The summed E-state index contributed by atoms with van der Waals surface area (Å²) in [5, 5.41) is 13.2. The Balaban J connectivity index is 1.25. The van der Waals surface area contributed by atoms with Crippen molar-refractivity contribution in [3.63, 3.8) is 0 Å². The van der Waals surface area contributed by atoms with Crippen molar-refractivity contribution in [2.24, 2.45) is 0 Å². The van der Waals surface area contributed by atoms with Crippen LogP contribution in [0, 0.1) is 0 Å². The molecule has 0 saturated carbocycles. The van der Waals surface area contributed by atoms with Crippen LogP contribution in [-0.4, -0.2) is 15.8 Å². The topological polar surface area (TPSA) is 9.86 Å². The van der Waals surface area contributed by atoms with Gasteiger partial charge < -0.3 is 9.13 Å². The Morgan fingerprint density at radius 1 is 0.388 bits per heavy atom. The maximum absolute atomic E-state index is 2.57. The maximum Gasteiger partial charge on any atom is 0.252 e. The van der Waals surface area contributed by atoms with E-state index >= 15 is 0 Å². The van der Waals surface area contributed by atoms with Gasteiger partial charge in [0.15, 0.2) is 0 Å². The number of hydrogen-bond acceptors (Lipinski definition) is 0. The predicted molar refractivity (Wildman–Crippen MR) is 209 cm³/mol. The normalized spacial score (nSPS) is 13.3. The number of rotatable bonds is 1. The summed E-state index contributed by atoms with van der Waals surface area (Å²) < 4.78 is 5.15. The minimum atomic E-state index is 0.140. The van der Waals surface area contributed by atoms with Gasteiger partial charge in [-0.05, 0) is 84.1 Å². The Labute approximate surface area is 281 Å². The standard InChI is InChI=1S/C46H25BN2/c1-3-16-38-31(10-1)34-12-6-14-36-45(34)48(38)40-24-29(30-22-20-28-19-18-26-8-5-9-27-21-23-33(30)43(28)42(26)27)25-41-44(40)47(36)37-15-7-13-35-32-11-2-4-17-39(32)49(41)46(35)37/h1-25H. The summed E-state index contributed by atoms with van der Waals surface area (Å²) in [6, 6.07) is 57.4. The van der Waals surface area contributed by atoms with Crippen LogP contribution in [0.3, 0.4) is 0 Å². The highest BCUT2D eigenvalue weighted by Crippen LogP contribution is 2.43. The van der Waals surface area contributed by atoms with E-state index in [1.54, 1.807) is 0 Å². The molecule has 2 aliphatic rings. The summed E-state index contributed by atoms with van der Waals surface area (Å²) in [4.78, 5) is 0. The van der Waals surface area contributed by atoms with Gasteiger partial charge in [0.1, 0.15) is 0 Å². The van der Waals surface area contributed by atoms with Gasteiger partial charge in [-0.25, -0.2) is 0 Å². The van der Waals surface area contributed by atoms with E-state index in [4.69, 9.17) is 0 Å². The van der Waals surface area contributed by atoms with Gasteiger partial charge >= 0.3 is 0 Å². The van der Waals surface area contributed by atoms with E-state index < -0.39 is 0 Å². The quantitative estimate of drug-likeness (QED) is 0.128. The highest BCUT2D eigenvalue weighted by atomic mass is 15.0. The highest BCUT2D eigenvalue weighted by Gasteiger charge is 2.40. The molecule has 0 atom stereocenters. The summed E-state index contributed by atoms with van der Waals surface area (Å²) in [6.45, 7) is 0.140. The second-order valence-electron chi connectivity index (χ2n) is 14.0. The van der Waals surface area contributed by atoms with Gasteiger partial charge in [-0.2, -0.15) is 0 Å². The van der Waals surface area contributed by atoms with Crippen LogP contribution in [0.5, 0.6) is 0 Å². The van der Waals surface area contributed by atoms with Crippen LogP contribution in [0.25, 0.3) is 98.4 Å². The van der Waals surface area contributed by atoms with E-state index in [1.165, 1.54) is 115 Å². The number of nitrogens with zero attached hydrogens (tertiary/aromatic N) is 2. The van der Waals surface area contributed by atoms with Crippen molar-refractivity contribution in [2.45, 2.75) is 0 Å². The first-order valence-electron chi connectivity index (χ1n) is 17.2. The van der Waals surface area contributed by atoms with Crippen LogP contribution in [0.15, 0.2) is 152 Å². The third kappa shape index (κ3) is 2.82. The Morgan fingerprint density at radius 2 is 0.898 bits per heavy atom. The number of hydrogen-bond donors (Lipinski definition) is 0. The summed E-state index contributed by atoms with van der Waals surface area (Å²) in [7, 11) is 0. The molecule has 0 fully saturated rings. The second-order valence-corrected chi connectivity index (χ2v) is 14.0. The maximum atomic E-state index is 2.57. The minimum Gasteiger partial charge on any atom is -0.310 e. The van der Waals surface area contributed by atoms with Gasteiger partial charge in [0, 0.05) is 44.0 Å². The Hall–Kier alpha value is -6.32. The average Bonchev–Trinajstić information content (AvgIpc) is 3.68. The van der Waals surface area contributed by atoms with Crippen molar-refractivity contribution in [1.29, 1.82) is 0 Å². The molecule has 0 spiro atoms. The van der Waals surface area contributed by atoms with E-state index in [0.29, 0.717) is 0 Å². The summed E-state index contributed by atoms with van der Waals surface area (Å²) in [5.74, 6) is 0. The summed E-state index contributed by atoms with van der Waals surface area (Å²) in [5.41, 5.74) is 14.5. The molecule has 0 radical (unpaired) electrons. The molecule has 2 nitrogen and oxygen atoms in total. The molecular weight excluding hydrogens is 591 g/mol. The van der Waals surface area contributed by atoms with Gasteiger partial charge in [-0.3, -0.25) is 0 Å². The van der Waals surface area contributed by atoms with Crippen LogP contribution in [-0.2, 0) is 0 Å². The van der Waals surface area contributed by atoms with Crippen molar-refractivity contribution in [1.82, 2.24) is 9.13 Å². The Kier molecular flexibility index (Phi) is 4.25. The molecule has 11 aromatic rings. The van der Waals surface area contributed by atoms with E-state index in [1.807, 2.05) is 0 Å². The van der Waals surface area contributed by atoms with E-state index in [2.05, 4.69) is 161 Å². The summed E-state index contributed by atoms with van der Waals surface area (Å²) >= 11 is 0. The average molecular weight is 617 g/mol. The molecule has 13 rings (SSSR count). The first-order valence-corrected chi connectivity index (χ1v) is 17.2. The Morgan fingerprint density at radius 3 is 1.53 bits per heavy atom. The van der Waals surface area contributed by atoms with E-state index in [-0.39, 0.29) is 6.71 Å². The zero-order valence-electron chi connectivity index (χ0n) is 26.4. The van der Waals surface area contributed by atoms with Gasteiger partial charge in [-0.1, -0.05) is 127 Å². The molecular formula is C46H25BN2. The smallest absolute Gasteiger partial charge is 0.252 e. The molecule has 0 aliphatic carbocycles. The lowest BCUT2D eigenvalue weighted by molar-refractivity contribution is 1.14. The lowest BCUT2D eigenvalue weighted by Gasteiger charge is -2.34. The van der Waals surface area contributed by atoms with Gasteiger partial charge in [0.2, 0.25) is 0 Å². The molecule has 0 amide bonds. The van der Waals surface area contributed by atoms with Gasteiger partial charge in [-0.15, -0.1) is 0 Å². The molecule has 222 valence electrons. The van der Waals surface area contributed by atoms with Crippen LogP contribution >= 0.6 is 0 Å². The number of fused-ring (bicyclic) bond motifs is 10. The first kappa shape index (κ1) is 24.8. The number of aromatic nitrogens is 2. The molecule has 0 saturated heterocycles. The highest BCUT2D eigenvalue weighted by molar-refractivity contribution is 7.00. The molecule has 2 aliphatic heterocycles. The number of para-hydroxylation sites is 4. The zero-order valence-corrected chi connectivity index (χ0v) is 26.4. The lowest BCUT2D eigenvalue weighted by Crippen LogP contribution is -2.59. The molecule has 0 unspecified atom stereocenters. The third-order valence-electron chi connectivity index (χ3n) is 11.8. The fourth-order valence-corrected chi connectivity index (χ4v) is 9.97. The third-order valence-corrected chi connectivity index (χ3v) is 11.8. The SMILES string of the molecule is c1cc2ccc3ccc(-c4cc5c6c(c4)-n4c7ccccc7c7cccc(c74)B6c4cccc6c7ccccc7n-5c46)c4ccc(c1)c2c34. The van der Waals surface area contributed by atoms with Gasteiger partial charge in [0.25, 0.3) is 6.71 Å². The Bertz CT molecular complexity index is 3130. The van der Waals surface area contributed by atoms with Crippen molar-refractivity contribution < 1.29 is 0 Å². The van der Waals surface area contributed by atoms with E-state index in [9.17, 15) is 0 Å². The van der Waals surface area contributed by atoms with Crippen molar-refractivity contribution >= 4 is 99.0 Å². The molecule has 49 heavy (non-hydrogen) atoms. The minimum absolute atomic E-state index is 0.140. The van der Waals surface area contributed by atoms with Crippen LogP contribution in [0.2, 0.25) is 0 Å². The van der Waals surface area contributed by atoms with Crippen LogP contribution < -0.4 is 16.4 Å². The fraction of sp³-hybridized carbons (Fsp3) is 0. The van der Waals surface area contributed by atoms with Crippen molar-refractivity contribution in [2.75, 3.05) is 0 Å². The largest absolute Gasteiger partial charge is 0.310 e. The van der Waals surface area contributed by atoms with Crippen LogP contribution in [0.1, 0.15) is 0 Å². The molecule has 0 bridgehead atoms. The molecule has 9 aromatic carbocycles. The zero-order chi connectivity index (χ0) is 31.5.